The second kappa shape index (κ2) is 7.13. The average Bonchev–Trinajstić information content (AvgIpc) is 2.59. The minimum atomic E-state index is 0.0806. The van der Waals surface area contributed by atoms with Crippen molar-refractivity contribution in [3.8, 4) is 0 Å². The fourth-order valence-corrected chi connectivity index (χ4v) is 3.17. The van der Waals surface area contributed by atoms with E-state index in [1.54, 1.807) is 0 Å². The van der Waals surface area contributed by atoms with Gasteiger partial charge in [0.1, 0.15) is 0 Å². The van der Waals surface area contributed by atoms with E-state index in [1.807, 2.05) is 49.6 Å². The Kier molecular flexibility index (Phi) is 4.96. The van der Waals surface area contributed by atoms with Crippen LogP contribution in [0.3, 0.4) is 0 Å². The molecule has 0 spiro atoms. The highest BCUT2D eigenvalue weighted by Crippen LogP contribution is 2.25. The summed E-state index contributed by atoms with van der Waals surface area (Å²) in [6.07, 6.45) is 5.38. The van der Waals surface area contributed by atoms with Gasteiger partial charge in [-0.1, -0.05) is 15.9 Å². The molecule has 1 aliphatic heterocycles. The van der Waals surface area contributed by atoms with E-state index in [-0.39, 0.29) is 11.8 Å². The van der Waals surface area contributed by atoms with Gasteiger partial charge in [0, 0.05) is 47.2 Å². The van der Waals surface area contributed by atoms with Crippen molar-refractivity contribution in [2.75, 3.05) is 23.3 Å². The van der Waals surface area contributed by atoms with Crippen LogP contribution in [0.4, 0.5) is 11.4 Å². The monoisotopic (exact) mass is 373 g/mol. The van der Waals surface area contributed by atoms with E-state index in [0.717, 1.165) is 41.7 Å². The smallest absolute Gasteiger partial charge is 0.227 e. The van der Waals surface area contributed by atoms with Crippen LogP contribution < -0.4 is 10.2 Å². The molecule has 1 aromatic carbocycles. The minimum absolute atomic E-state index is 0.0806. The molecule has 1 fully saturated rings. The fourth-order valence-electron chi connectivity index (χ4n) is 2.92. The number of amides is 1. The Morgan fingerprint density at radius 3 is 2.57 bits per heavy atom. The largest absolute Gasteiger partial charge is 0.371 e. The number of pyridine rings is 1. The van der Waals surface area contributed by atoms with Gasteiger partial charge in [-0.25, -0.2) is 0 Å². The Balaban J connectivity index is 1.57. The summed E-state index contributed by atoms with van der Waals surface area (Å²) in [7, 11) is 0. The van der Waals surface area contributed by atoms with Crippen molar-refractivity contribution >= 4 is 33.2 Å². The maximum absolute atomic E-state index is 12.5. The first-order valence-corrected chi connectivity index (χ1v) is 8.65. The van der Waals surface area contributed by atoms with Crippen LogP contribution in [0.15, 0.2) is 47.2 Å². The maximum Gasteiger partial charge on any atom is 0.227 e. The van der Waals surface area contributed by atoms with Crippen LogP contribution >= 0.6 is 15.9 Å². The quantitative estimate of drug-likeness (QED) is 0.883. The Labute approximate surface area is 145 Å². The number of halogens is 1. The van der Waals surface area contributed by atoms with Gasteiger partial charge in [0.15, 0.2) is 0 Å². The summed E-state index contributed by atoms with van der Waals surface area (Å²) in [4.78, 5) is 18.8. The van der Waals surface area contributed by atoms with Crippen molar-refractivity contribution in [3.05, 3.63) is 52.8 Å². The summed E-state index contributed by atoms with van der Waals surface area (Å²) >= 11 is 3.48. The zero-order chi connectivity index (χ0) is 16.2. The summed E-state index contributed by atoms with van der Waals surface area (Å²) in [6, 6.07) is 9.93. The van der Waals surface area contributed by atoms with Crippen molar-refractivity contribution in [3.63, 3.8) is 0 Å². The number of hydrogen-bond acceptors (Lipinski definition) is 3. The van der Waals surface area contributed by atoms with Crippen molar-refractivity contribution in [1.82, 2.24) is 4.98 Å². The van der Waals surface area contributed by atoms with Crippen LogP contribution in [0.25, 0.3) is 0 Å². The van der Waals surface area contributed by atoms with Crippen LogP contribution in [0.5, 0.6) is 0 Å². The van der Waals surface area contributed by atoms with Crippen molar-refractivity contribution in [2.24, 2.45) is 5.92 Å². The Bertz CT molecular complexity index is 682. The SMILES string of the molecule is Cc1cc(NC(=O)C2CCN(c3ccncc3)CC2)ccc1Br. The lowest BCUT2D eigenvalue weighted by Gasteiger charge is -2.32. The molecule has 1 saturated heterocycles. The van der Waals surface area contributed by atoms with Gasteiger partial charge in [0.2, 0.25) is 5.91 Å². The molecule has 0 atom stereocenters. The van der Waals surface area contributed by atoms with Gasteiger partial charge in [0.05, 0.1) is 0 Å². The van der Waals surface area contributed by atoms with Crippen molar-refractivity contribution < 1.29 is 4.79 Å². The third kappa shape index (κ3) is 3.91. The molecule has 1 aliphatic rings. The molecule has 120 valence electrons. The van der Waals surface area contributed by atoms with Crippen LogP contribution in [0, 0.1) is 12.8 Å². The molecule has 5 heteroatoms. The lowest BCUT2D eigenvalue weighted by atomic mass is 9.95. The van der Waals surface area contributed by atoms with E-state index < -0.39 is 0 Å². The van der Waals surface area contributed by atoms with Gasteiger partial charge in [-0.2, -0.15) is 0 Å². The van der Waals surface area contributed by atoms with E-state index in [1.165, 1.54) is 5.69 Å². The molecule has 0 radical (unpaired) electrons. The van der Waals surface area contributed by atoms with Crippen LogP contribution in [0.1, 0.15) is 18.4 Å². The second-order valence-corrected chi connectivity index (χ2v) is 6.77. The second-order valence-electron chi connectivity index (χ2n) is 5.92. The number of aromatic nitrogens is 1. The molecule has 1 N–H and O–H groups in total. The number of aryl methyl sites for hydroxylation is 1. The van der Waals surface area contributed by atoms with E-state index in [9.17, 15) is 4.79 Å². The van der Waals surface area contributed by atoms with Gasteiger partial charge < -0.3 is 10.2 Å². The minimum Gasteiger partial charge on any atom is -0.371 e. The van der Waals surface area contributed by atoms with Gasteiger partial charge in [-0.05, 0) is 55.7 Å². The molecule has 23 heavy (non-hydrogen) atoms. The van der Waals surface area contributed by atoms with E-state index in [4.69, 9.17) is 0 Å². The normalized spacial score (nSPS) is 15.5. The maximum atomic E-state index is 12.5. The number of carbonyl (C=O) groups excluding carboxylic acids is 1. The summed E-state index contributed by atoms with van der Waals surface area (Å²) in [5, 5.41) is 3.05. The third-order valence-electron chi connectivity index (χ3n) is 4.32. The van der Waals surface area contributed by atoms with Crippen LogP contribution in [-0.2, 0) is 4.79 Å². The zero-order valence-electron chi connectivity index (χ0n) is 13.1. The predicted molar refractivity (Wildman–Crippen MR) is 96.7 cm³/mol. The number of carbonyl (C=O) groups is 1. The molecule has 2 aromatic rings. The molecule has 0 bridgehead atoms. The number of benzene rings is 1. The molecule has 4 nitrogen and oxygen atoms in total. The van der Waals surface area contributed by atoms with Crippen LogP contribution in [0.2, 0.25) is 0 Å². The standard InChI is InChI=1S/C18H20BrN3O/c1-13-12-15(2-3-17(13)19)21-18(23)14-6-10-22(11-7-14)16-4-8-20-9-5-16/h2-5,8-9,12,14H,6-7,10-11H2,1H3,(H,21,23). The number of hydrogen-bond donors (Lipinski definition) is 1. The van der Waals surface area contributed by atoms with Gasteiger partial charge in [-0.3, -0.25) is 9.78 Å². The molecule has 1 amide bonds. The topological polar surface area (TPSA) is 45.2 Å². The Morgan fingerprint density at radius 1 is 1.22 bits per heavy atom. The molecule has 1 aromatic heterocycles. The highest BCUT2D eigenvalue weighted by Gasteiger charge is 2.25. The molecule has 0 unspecified atom stereocenters. The van der Waals surface area contributed by atoms with Crippen molar-refractivity contribution in [2.45, 2.75) is 19.8 Å². The lowest BCUT2D eigenvalue weighted by molar-refractivity contribution is -0.120. The van der Waals surface area contributed by atoms with E-state index in [0.29, 0.717) is 0 Å². The molecule has 0 saturated carbocycles. The fraction of sp³-hybridized carbons (Fsp3) is 0.333. The van der Waals surface area contributed by atoms with E-state index >= 15 is 0 Å². The molecule has 3 rings (SSSR count). The first kappa shape index (κ1) is 16.0. The summed E-state index contributed by atoms with van der Waals surface area (Å²) < 4.78 is 1.06. The van der Waals surface area contributed by atoms with Gasteiger partial charge in [0.25, 0.3) is 0 Å². The molecule has 0 aliphatic carbocycles. The first-order valence-electron chi connectivity index (χ1n) is 7.85. The van der Waals surface area contributed by atoms with Gasteiger partial charge >= 0.3 is 0 Å². The third-order valence-corrected chi connectivity index (χ3v) is 5.21. The first-order chi connectivity index (χ1) is 11.1. The Morgan fingerprint density at radius 2 is 1.91 bits per heavy atom. The summed E-state index contributed by atoms with van der Waals surface area (Å²) in [5.74, 6) is 0.207. The van der Waals surface area contributed by atoms with E-state index in [2.05, 4.69) is 31.1 Å². The Hall–Kier alpha value is -1.88. The summed E-state index contributed by atoms with van der Waals surface area (Å²) in [6.45, 7) is 3.83. The summed E-state index contributed by atoms with van der Waals surface area (Å²) in [5.41, 5.74) is 3.17. The molecule has 2 heterocycles. The average molecular weight is 374 g/mol. The number of anilines is 2. The number of piperidine rings is 1. The molecular formula is C18H20BrN3O. The molecular weight excluding hydrogens is 354 g/mol. The highest BCUT2D eigenvalue weighted by molar-refractivity contribution is 9.10. The lowest BCUT2D eigenvalue weighted by Crippen LogP contribution is -2.38. The van der Waals surface area contributed by atoms with Crippen LogP contribution in [-0.4, -0.2) is 24.0 Å². The number of nitrogens with zero attached hydrogens (tertiary/aromatic N) is 2. The highest BCUT2D eigenvalue weighted by atomic mass is 79.9. The number of nitrogens with one attached hydrogen (secondary N) is 1. The zero-order valence-corrected chi connectivity index (χ0v) is 14.7. The van der Waals surface area contributed by atoms with Gasteiger partial charge in [-0.15, -0.1) is 0 Å². The van der Waals surface area contributed by atoms with Crippen molar-refractivity contribution in [1.29, 1.82) is 0 Å². The number of rotatable bonds is 3. The predicted octanol–water partition coefficient (Wildman–Crippen LogP) is 4.01.